The number of nitrogens with zero attached hydrogens (tertiary/aromatic N) is 1. The summed E-state index contributed by atoms with van der Waals surface area (Å²) in [7, 11) is 0.0462. The molecule has 35 heavy (non-hydrogen) atoms. The highest BCUT2D eigenvalue weighted by molar-refractivity contribution is 7.92. The number of amides is 1. The number of sulfonamides is 1. The first-order valence-electron chi connectivity index (χ1n) is 10.4. The molecule has 10 heteroatoms. The number of anilines is 2. The molecule has 0 bridgehead atoms. The molecule has 0 saturated heterocycles. The smallest absolute Gasteiger partial charge is 0.337 e. The van der Waals surface area contributed by atoms with Crippen LogP contribution in [0.15, 0.2) is 71.6 Å². The maximum Gasteiger partial charge on any atom is 0.337 e. The summed E-state index contributed by atoms with van der Waals surface area (Å²) >= 11 is 0. The zero-order valence-corrected chi connectivity index (χ0v) is 20.4. The molecule has 0 aliphatic heterocycles. The zero-order chi connectivity index (χ0) is 25.8. The monoisotopic (exact) mass is 496 g/mol. The van der Waals surface area contributed by atoms with Gasteiger partial charge in [0.25, 0.3) is 15.9 Å². The fourth-order valence-corrected chi connectivity index (χ4v) is 4.40. The zero-order valence-electron chi connectivity index (χ0n) is 19.6. The molecule has 0 aliphatic rings. The summed E-state index contributed by atoms with van der Waals surface area (Å²) in [6.07, 6.45) is 0. The van der Waals surface area contributed by atoms with Crippen LogP contribution in [0.1, 0.15) is 36.6 Å². The number of rotatable bonds is 7. The summed E-state index contributed by atoms with van der Waals surface area (Å²) in [5.74, 6) is -1.90. The van der Waals surface area contributed by atoms with Gasteiger partial charge in [0.1, 0.15) is 0 Å². The fraction of sp³-hybridized carbons (Fsp3) is 0.160. The Morgan fingerprint density at radius 3 is 1.77 bits per heavy atom. The molecule has 0 unspecified atom stereocenters. The van der Waals surface area contributed by atoms with E-state index in [0.717, 1.165) is 9.87 Å². The van der Waals surface area contributed by atoms with E-state index in [9.17, 15) is 22.8 Å². The Balaban J connectivity index is 1.82. The minimum Gasteiger partial charge on any atom is -0.465 e. The van der Waals surface area contributed by atoms with E-state index in [0.29, 0.717) is 5.69 Å². The van der Waals surface area contributed by atoms with Crippen molar-refractivity contribution in [2.45, 2.75) is 11.8 Å². The number of ether oxygens (including phenoxy) is 2. The van der Waals surface area contributed by atoms with Gasteiger partial charge < -0.3 is 14.8 Å². The number of aryl methyl sites for hydroxylation is 1. The molecule has 0 atom stereocenters. The summed E-state index contributed by atoms with van der Waals surface area (Å²) in [4.78, 5) is 36.8. The lowest BCUT2D eigenvalue weighted by Gasteiger charge is -2.20. The molecule has 182 valence electrons. The van der Waals surface area contributed by atoms with Gasteiger partial charge in [-0.2, -0.15) is 0 Å². The van der Waals surface area contributed by atoms with Gasteiger partial charge in [-0.25, -0.2) is 18.0 Å². The van der Waals surface area contributed by atoms with E-state index < -0.39 is 27.9 Å². The normalized spacial score (nSPS) is 10.9. The van der Waals surface area contributed by atoms with Crippen LogP contribution in [0.2, 0.25) is 0 Å². The number of methoxy groups -OCH3 is 2. The van der Waals surface area contributed by atoms with Gasteiger partial charge >= 0.3 is 11.9 Å². The third-order valence-electron chi connectivity index (χ3n) is 5.21. The first-order valence-corrected chi connectivity index (χ1v) is 11.8. The Hall–Kier alpha value is -4.18. The molecule has 3 aromatic carbocycles. The Morgan fingerprint density at radius 1 is 0.771 bits per heavy atom. The first kappa shape index (κ1) is 25.4. The molecule has 0 radical (unpaired) electrons. The van der Waals surface area contributed by atoms with E-state index in [1.807, 2.05) is 6.92 Å². The van der Waals surface area contributed by atoms with Crippen molar-refractivity contribution in [3.8, 4) is 0 Å². The second-order valence-corrected chi connectivity index (χ2v) is 9.54. The molecule has 1 N–H and O–H groups in total. The Kier molecular flexibility index (Phi) is 7.55. The number of hydrogen-bond donors (Lipinski definition) is 1. The van der Waals surface area contributed by atoms with Crippen molar-refractivity contribution in [1.82, 2.24) is 0 Å². The summed E-state index contributed by atoms with van der Waals surface area (Å²) in [5, 5.41) is 2.62. The number of carbonyl (C=O) groups is 3. The van der Waals surface area contributed by atoms with Crippen molar-refractivity contribution in [3.05, 3.63) is 89.0 Å². The molecular formula is C25H24N2O7S. The van der Waals surface area contributed by atoms with Crippen LogP contribution >= 0.6 is 0 Å². The second-order valence-electron chi connectivity index (χ2n) is 7.57. The first-order chi connectivity index (χ1) is 16.6. The van der Waals surface area contributed by atoms with E-state index in [-0.39, 0.29) is 27.3 Å². The summed E-state index contributed by atoms with van der Waals surface area (Å²) in [5.41, 5.74) is 1.84. The SMILES string of the molecule is COC(=O)c1cc(NC(=O)c2ccc(N(C)S(=O)(=O)c3ccc(C)cc3)cc2)cc(C(=O)OC)c1. The van der Waals surface area contributed by atoms with E-state index in [2.05, 4.69) is 5.32 Å². The van der Waals surface area contributed by atoms with Gasteiger partial charge in [0, 0.05) is 18.3 Å². The van der Waals surface area contributed by atoms with E-state index in [4.69, 9.17) is 9.47 Å². The summed E-state index contributed by atoms with van der Waals surface area (Å²) in [6, 6.07) is 16.5. The lowest BCUT2D eigenvalue weighted by atomic mass is 10.1. The van der Waals surface area contributed by atoms with Crippen LogP contribution in [0, 0.1) is 6.92 Å². The Morgan fingerprint density at radius 2 is 1.29 bits per heavy atom. The van der Waals surface area contributed by atoms with Crippen LogP contribution in [0.25, 0.3) is 0 Å². The number of nitrogens with one attached hydrogen (secondary N) is 1. The molecule has 0 spiro atoms. The minimum atomic E-state index is -3.78. The quantitative estimate of drug-likeness (QED) is 0.496. The van der Waals surface area contributed by atoms with Crippen LogP contribution in [-0.2, 0) is 19.5 Å². The van der Waals surface area contributed by atoms with Gasteiger partial charge in [-0.05, 0) is 61.5 Å². The third-order valence-corrected chi connectivity index (χ3v) is 7.01. The van der Waals surface area contributed by atoms with Crippen molar-refractivity contribution in [3.63, 3.8) is 0 Å². The fourth-order valence-electron chi connectivity index (χ4n) is 3.20. The highest BCUT2D eigenvalue weighted by atomic mass is 32.2. The topological polar surface area (TPSA) is 119 Å². The Bertz CT molecular complexity index is 1330. The average Bonchev–Trinajstić information content (AvgIpc) is 2.87. The Labute approximate surface area is 203 Å². The minimum absolute atomic E-state index is 0.0592. The highest BCUT2D eigenvalue weighted by Crippen LogP contribution is 2.23. The van der Waals surface area contributed by atoms with Gasteiger partial charge in [0.15, 0.2) is 0 Å². The van der Waals surface area contributed by atoms with Crippen molar-refractivity contribution < 1.29 is 32.3 Å². The molecule has 1 amide bonds. The van der Waals surface area contributed by atoms with Gasteiger partial charge in [-0.15, -0.1) is 0 Å². The van der Waals surface area contributed by atoms with Crippen molar-refractivity contribution in [2.24, 2.45) is 0 Å². The molecule has 0 fully saturated rings. The van der Waals surface area contributed by atoms with E-state index in [1.54, 1.807) is 12.1 Å². The summed E-state index contributed by atoms with van der Waals surface area (Å²) < 4.78 is 36.3. The van der Waals surface area contributed by atoms with Crippen LogP contribution in [0.3, 0.4) is 0 Å². The molecule has 0 aromatic heterocycles. The number of carbonyl (C=O) groups excluding carboxylic acids is 3. The molecule has 0 heterocycles. The molecule has 0 aliphatic carbocycles. The van der Waals surface area contributed by atoms with E-state index >= 15 is 0 Å². The summed E-state index contributed by atoms with van der Waals surface area (Å²) in [6.45, 7) is 1.87. The third kappa shape index (κ3) is 5.67. The predicted octanol–water partition coefficient (Wildman–Crippen LogP) is 3.65. The van der Waals surface area contributed by atoms with Crippen LogP contribution in [0.4, 0.5) is 11.4 Å². The molecule has 3 rings (SSSR count). The number of hydrogen-bond acceptors (Lipinski definition) is 7. The van der Waals surface area contributed by atoms with Gasteiger partial charge in [-0.3, -0.25) is 9.10 Å². The largest absolute Gasteiger partial charge is 0.465 e. The molecule has 9 nitrogen and oxygen atoms in total. The van der Waals surface area contributed by atoms with Crippen molar-refractivity contribution >= 4 is 39.2 Å². The average molecular weight is 497 g/mol. The number of esters is 2. The molecular weight excluding hydrogens is 472 g/mol. The lowest BCUT2D eigenvalue weighted by molar-refractivity contribution is 0.0598. The molecule has 0 saturated carbocycles. The lowest BCUT2D eigenvalue weighted by Crippen LogP contribution is -2.26. The van der Waals surface area contributed by atoms with Crippen LogP contribution < -0.4 is 9.62 Å². The van der Waals surface area contributed by atoms with Crippen molar-refractivity contribution in [1.29, 1.82) is 0 Å². The van der Waals surface area contributed by atoms with Gasteiger partial charge in [0.05, 0.1) is 35.9 Å². The standard InChI is InChI=1S/C25H24N2O7S/c1-16-5-11-22(12-6-16)35(31,32)27(2)21-9-7-17(8-10-21)23(28)26-20-14-18(24(29)33-3)13-19(15-20)25(30)34-4/h5-15H,1-4H3,(H,26,28). The maximum absolute atomic E-state index is 12.9. The van der Waals surface area contributed by atoms with Gasteiger partial charge in [0.2, 0.25) is 0 Å². The van der Waals surface area contributed by atoms with Gasteiger partial charge in [-0.1, -0.05) is 17.7 Å². The molecule has 3 aromatic rings. The van der Waals surface area contributed by atoms with Crippen LogP contribution in [-0.4, -0.2) is 47.5 Å². The second kappa shape index (κ2) is 10.4. The highest BCUT2D eigenvalue weighted by Gasteiger charge is 2.21. The predicted molar refractivity (Wildman–Crippen MR) is 130 cm³/mol. The van der Waals surface area contributed by atoms with E-state index in [1.165, 1.54) is 75.9 Å². The number of benzene rings is 3. The van der Waals surface area contributed by atoms with Crippen molar-refractivity contribution in [2.75, 3.05) is 30.9 Å². The maximum atomic E-state index is 12.9. The van der Waals surface area contributed by atoms with Crippen LogP contribution in [0.5, 0.6) is 0 Å².